The van der Waals surface area contributed by atoms with Gasteiger partial charge in [-0.3, -0.25) is 9.52 Å². The molecule has 0 bridgehead atoms. The molecule has 0 aromatic heterocycles. The Bertz CT molecular complexity index is 947. The number of carbonyl (C=O) groups is 1. The lowest BCUT2D eigenvalue weighted by Crippen LogP contribution is -2.14. The fraction of sp³-hybridized carbons (Fsp3) is 0.286. The van der Waals surface area contributed by atoms with Crippen LogP contribution in [0.1, 0.15) is 36.7 Å². The van der Waals surface area contributed by atoms with Crippen molar-refractivity contribution in [2.75, 3.05) is 17.6 Å². The number of benzene rings is 2. The zero-order valence-corrected chi connectivity index (χ0v) is 17.2. The van der Waals surface area contributed by atoms with E-state index in [0.29, 0.717) is 22.7 Å². The highest BCUT2D eigenvalue weighted by Gasteiger charge is 2.11. The Morgan fingerprint density at radius 1 is 1.14 bits per heavy atom. The molecule has 28 heavy (non-hydrogen) atoms. The van der Waals surface area contributed by atoms with E-state index in [2.05, 4.69) is 4.72 Å². The molecule has 0 unspecified atom stereocenters. The van der Waals surface area contributed by atoms with Crippen molar-refractivity contribution in [3.05, 3.63) is 59.7 Å². The van der Waals surface area contributed by atoms with E-state index in [-0.39, 0.29) is 17.6 Å². The summed E-state index contributed by atoms with van der Waals surface area (Å²) >= 11 is 0. The predicted molar refractivity (Wildman–Crippen MR) is 112 cm³/mol. The van der Waals surface area contributed by atoms with Crippen LogP contribution in [0.15, 0.2) is 48.5 Å². The molecule has 6 nitrogen and oxygen atoms in total. The maximum atomic E-state index is 12.5. The van der Waals surface area contributed by atoms with E-state index in [0.717, 1.165) is 5.56 Å². The first-order valence-electron chi connectivity index (χ1n) is 8.92. The van der Waals surface area contributed by atoms with E-state index in [1.165, 1.54) is 6.08 Å². The number of nitrogens with one attached hydrogen (secondary N) is 1. The number of carbonyl (C=O) groups excluding carboxylic acids is 1. The molecule has 7 heteroatoms. The fourth-order valence-corrected chi connectivity index (χ4v) is 3.04. The van der Waals surface area contributed by atoms with Crippen LogP contribution >= 0.6 is 0 Å². The van der Waals surface area contributed by atoms with Gasteiger partial charge in [0.05, 0.1) is 19.0 Å². The first kappa shape index (κ1) is 21.5. The average molecular weight is 404 g/mol. The molecule has 0 amide bonds. The topological polar surface area (TPSA) is 81.7 Å². The van der Waals surface area contributed by atoms with Crippen LogP contribution in [0.25, 0.3) is 6.08 Å². The van der Waals surface area contributed by atoms with Gasteiger partial charge in [0.25, 0.3) is 0 Å². The van der Waals surface area contributed by atoms with Crippen LogP contribution in [0.3, 0.4) is 0 Å². The highest BCUT2D eigenvalue weighted by molar-refractivity contribution is 7.92. The van der Waals surface area contributed by atoms with E-state index < -0.39 is 10.0 Å². The van der Waals surface area contributed by atoms with Gasteiger partial charge < -0.3 is 9.47 Å². The fourth-order valence-electron chi connectivity index (χ4n) is 2.40. The minimum atomic E-state index is -3.35. The average Bonchev–Trinajstić information content (AvgIpc) is 2.66. The molecule has 0 fully saturated rings. The van der Waals surface area contributed by atoms with Crippen LogP contribution in [-0.2, 0) is 10.0 Å². The molecule has 1 N–H and O–H groups in total. The van der Waals surface area contributed by atoms with E-state index in [4.69, 9.17) is 9.47 Å². The Morgan fingerprint density at radius 2 is 1.82 bits per heavy atom. The van der Waals surface area contributed by atoms with Gasteiger partial charge in [0.15, 0.2) is 17.3 Å². The summed E-state index contributed by atoms with van der Waals surface area (Å²) in [7, 11) is -1.78. The quantitative estimate of drug-likeness (QED) is 0.503. The number of ether oxygens (including phenoxy) is 2. The Balaban J connectivity index is 2.20. The molecular weight excluding hydrogens is 378 g/mol. The lowest BCUT2D eigenvalue weighted by atomic mass is 10.1. The normalized spacial score (nSPS) is 11.6. The number of sulfonamides is 1. The zero-order valence-electron chi connectivity index (χ0n) is 16.4. The molecule has 0 aliphatic carbocycles. The van der Waals surface area contributed by atoms with Gasteiger partial charge in [-0.05, 0) is 63.3 Å². The van der Waals surface area contributed by atoms with Crippen molar-refractivity contribution in [2.45, 2.75) is 26.9 Å². The summed E-state index contributed by atoms with van der Waals surface area (Å²) in [5.41, 5.74) is 1.60. The number of methoxy groups -OCH3 is 1. The van der Waals surface area contributed by atoms with Crippen molar-refractivity contribution in [3.8, 4) is 11.5 Å². The summed E-state index contributed by atoms with van der Waals surface area (Å²) in [5.74, 6) is 0.949. The number of allylic oxidation sites excluding steroid dienone is 1. The first-order valence-corrected chi connectivity index (χ1v) is 10.6. The second kappa shape index (κ2) is 9.41. The largest absolute Gasteiger partial charge is 0.493 e. The van der Waals surface area contributed by atoms with E-state index in [1.54, 1.807) is 50.4 Å². The molecule has 0 atom stereocenters. The monoisotopic (exact) mass is 403 g/mol. The Labute approximate surface area is 166 Å². The molecule has 0 heterocycles. The van der Waals surface area contributed by atoms with Gasteiger partial charge in [-0.2, -0.15) is 0 Å². The molecule has 2 aromatic rings. The number of ketones is 1. The highest BCUT2D eigenvalue weighted by atomic mass is 32.2. The molecule has 2 aromatic carbocycles. The van der Waals surface area contributed by atoms with Crippen molar-refractivity contribution in [3.63, 3.8) is 0 Å². The van der Waals surface area contributed by atoms with Crippen LogP contribution in [0.2, 0.25) is 0 Å². The molecule has 0 radical (unpaired) electrons. The Morgan fingerprint density at radius 3 is 2.39 bits per heavy atom. The van der Waals surface area contributed by atoms with Crippen LogP contribution in [-0.4, -0.2) is 33.2 Å². The minimum Gasteiger partial charge on any atom is -0.493 e. The molecule has 0 saturated heterocycles. The van der Waals surface area contributed by atoms with Crippen molar-refractivity contribution in [1.82, 2.24) is 0 Å². The third-order valence-electron chi connectivity index (χ3n) is 3.82. The number of rotatable bonds is 9. The lowest BCUT2D eigenvalue weighted by molar-refractivity contribution is 0.104. The van der Waals surface area contributed by atoms with Gasteiger partial charge in [-0.25, -0.2) is 8.42 Å². The summed E-state index contributed by atoms with van der Waals surface area (Å²) in [6.45, 7) is 5.39. The molecule has 0 spiro atoms. The Kier molecular flexibility index (Phi) is 7.23. The summed E-state index contributed by atoms with van der Waals surface area (Å²) in [6, 6.07) is 11.7. The third-order valence-corrected chi connectivity index (χ3v) is 5.13. The summed E-state index contributed by atoms with van der Waals surface area (Å²) in [5, 5.41) is 0. The van der Waals surface area contributed by atoms with Crippen molar-refractivity contribution in [1.29, 1.82) is 0 Å². The van der Waals surface area contributed by atoms with Gasteiger partial charge in [0.2, 0.25) is 10.0 Å². The van der Waals surface area contributed by atoms with Crippen molar-refractivity contribution in [2.24, 2.45) is 0 Å². The number of anilines is 1. The maximum Gasteiger partial charge on any atom is 0.232 e. The second-order valence-electron chi connectivity index (χ2n) is 6.33. The number of hydrogen-bond donors (Lipinski definition) is 1. The summed E-state index contributed by atoms with van der Waals surface area (Å²) < 4.78 is 36.8. The molecular formula is C21H25NO5S. The predicted octanol–water partition coefficient (Wildman–Crippen LogP) is 4.14. The van der Waals surface area contributed by atoms with Crippen LogP contribution in [0.4, 0.5) is 5.69 Å². The van der Waals surface area contributed by atoms with Gasteiger partial charge in [-0.1, -0.05) is 12.1 Å². The third kappa shape index (κ3) is 5.85. The maximum absolute atomic E-state index is 12.5. The number of hydrogen-bond acceptors (Lipinski definition) is 5. The second-order valence-corrected chi connectivity index (χ2v) is 8.34. The van der Waals surface area contributed by atoms with Crippen LogP contribution in [0.5, 0.6) is 11.5 Å². The summed E-state index contributed by atoms with van der Waals surface area (Å²) in [6.07, 6.45) is 3.09. The van der Waals surface area contributed by atoms with Gasteiger partial charge in [-0.15, -0.1) is 0 Å². The first-order chi connectivity index (χ1) is 13.3. The molecule has 0 aliphatic heterocycles. The van der Waals surface area contributed by atoms with E-state index >= 15 is 0 Å². The smallest absolute Gasteiger partial charge is 0.232 e. The molecule has 150 valence electrons. The van der Waals surface area contributed by atoms with Crippen molar-refractivity contribution < 1.29 is 22.7 Å². The van der Waals surface area contributed by atoms with Gasteiger partial charge in [0.1, 0.15) is 0 Å². The van der Waals surface area contributed by atoms with Gasteiger partial charge in [0, 0.05) is 16.8 Å². The SMILES string of the molecule is CCS(=O)(=O)Nc1ccc(C(=O)/C=C/c2cccc(OC)c2OC(C)C)cc1. The van der Waals surface area contributed by atoms with Crippen LogP contribution < -0.4 is 14.2 Å². The highest BCUT2D eigenvalue weighted by Crippen LogP contribution is 2.33. The zero-order chi connectivity index (χ0) is 20.7. The van der Waals surface area contributed by atoms with Crippen LogP contribution in [0, 0.1) is 0 Å². The standard InChI is InChI=1S/C21H25NO5S/c1-5-28(24,25)22-18-12-9-16(10-13-18)19(23)14-11-17-7-6-8-20(26-4)21(17)27-15(2)3/h6-15,22H,5H2,1-4H3/b14-11+. The Hall–Kier alpha value is -2.80. The molecule has 0 aliphatic rings. The minimum absolute atomic E-state index is 0.0161. The lowest BCUT2D eigenvalue weighted by Gasteiger charge is -2.15. The van der Waals surface area contributed by atoms with Gasteiger partial charge >= 0.3 is 0 Å². The van der Waals surface area contributed by atoms with E-state index in [9.17, 15) is 13.2 Å². The van der Waals surface area contributed by atoms with Crippen molar-refractivity contribution >= 4 is 27.6 Å². The molecule has 2 rings (SSSR count). The van der Waals surface area contributed by atoms with E-state index in [1.807, 2.05) is 26.0 Å². The molecule has 0 saturated carbocycles. The number of para-hydroxylation sites is 1. The summed E-state index contributed by atoms with van der Waals surface area (Å²) in [4.78, 5) is 12.5.